The van der Waals surface area contributed by atoms with E-state index in [4.69, 9.17) is 20.8 Å². The first-order valence-corrected chi connectivity index (χ1v) is 4.94. The van der Waals surface area contributed by atoms with E-state index in [9.17, 15) is 4.79 Å². The van der Waals surface area contributed by atoms with Gasteiger partial charge in [0.15, 0.2) is 0 Å². The van der Waals surface area contributed by atoms with Crippen LogP contribution < -0.4 is 0 Å². The molecule has 3 nitrogen and oxygen atoms in total. The minimum atomic E-state index is -0.376. The van der Waals surface area contributed by atoms with Crippen molar-refractivity contribution >= 4 is 28.5 Å². The number of hydrogen-bond acceptors (Lipinski definition) is 3. The molecule has 1 aromatic carbocycles. The van der Waals surface area contributed by atoms with Gasteiger partial charge < -0.3 is 9.15 Å². The predicted octanol–water partition coefficient (Wildman–Crippen LogP) is 3.26. The maximum atomic E-state index is 11.5. The van der Waals surface area contributed by atoms with Gasteiger partial charge in [0.05, 0.1) is 6.61 Å². The average Bonchev–Trinajstić information content (AvgIpc) is 2.60. The Morgan fingerprint density at radius 2 is 2.33 bits per heavy atom. The molecule has 0 amide bonds. The van der Waals surface area contributed by atoms with Crippen LogP contribution in [0.4, 0.5) is 0 Å². The molecule has 2 aromatic rings. The second-order valence-corrected chi connectivity index (χ2v) is 3.45. The molecule has 0 bridgehead atoms. The van der Waals surface area contributed by atoms with Crippen LogP contribution in [0.25, 0.3) is 11.0 Å². The molecule has 0 unspecified atom stereocenters. The van der Waals surface area contributed by atoms with Crippen molar-refractivity contribution in [2.45, 2.75) is 6.92 Å². The normalized spacial score (nSPS) is 10.5. The van der Waals surface area contributed by atoms with E-state index in [0.29, 0.717) is 22.8 Å². The molecule has 2 rings (SSSR count). The highest BCUT2D eigenvalue weighted by molar-refractivity contribution is 6.31. The summed E-state index contributed by atoms with van der Waals surface area (Å²) in [5.74, 6) is -0.376. The quantitative estimate of drug-likeness (QED) is 0.735. The van der Waals surface area contributed by atoms with E-state index < -0.39 is 0 Å². The van der Waals surface area contributed by atoms with Crippen molar-refractivity contribution in [2.75, 3.05) is 6.61 Å². The third kappa shape index (κ3) is 1.83. The van der Waals surface area contributed by atoms with Crippen LogP contribution in [0, 0.1) is 0 Å². The number of furan rings is 1. The number of carbonyl (C=O) groups excluding carboxylic acids is 1. The highest BCUT2D eigenvalue weighted by atomic mass is 35.5. The van der Waals surface area contributed by atoms with Crippen LogP contribution in [0.15, 0.2) is 28.9 Å². The van der Waals surface area contributed by atoms with Gasteiger partial charge in [-0.3, -0.25) is 0 Å². The number of ether oxygens (including phenoxy) is 1. The number of hydrogen-bond donors (Lipinski definition) is 0. The van der Waals surface area contributed by atoms with Crippen LogP contribution in [0.2, 0.25) is 5.02 Å². The molecule has 1 heterocycles. The standard InChI is InChI=1S/C11H9ClO3/c1-2-14-11(13)9-6-15-10-5-7(12)3-4-8(9)10/h3-6H,2H2,1H3. The minimum Gasteiger partial charge on any atom is -0.463 e. The van der Waals surface area contributed by atoms with Crippen LogP contribution in [0.3, 0.4) is 0 Å². The van der Waals surface area contributed by atoms with Crippen LogP contribution in [0.5, 0.6) is 0 Å². The molecule has 0 aliphatic carbocycles. The third-order valence-corrected chi connectivity index (χ3v) is 2.27. The lowest BCUT2D eigenvalue weighted by molar-refractivity contribution is 0.0527. The van der Waals surface area contributed by atoms with E-state index in [-0.39, 0.29) is 5.97 Å². The van der Waals surface area contributed by atoms with Crippen molar-refractivity contribution in [1.82, 2.24) is 0 Å². The Morgan fingerprint density at radius 3 is 3.07 bits per heavy atom. The average molecular weight is 225 g/mol. The molecule has 0 N–H and O–H groups in total. The zero-order valence-electron chi connectivity index (χ0n) is 8.12. The van der Waals surface area contributed by atoms with Crippen molar-refractivity contribution in [3.05, 3.63) is 35.0 Å². The summed E-state index contributed by atoms with van der Waals surface area (Å²) in [4.78, 5) is 11.5. The summed E-state index contributed by atoms with van der Waals surface area (Å²) in [6.45, 7) is 2.11. The summed E-state index contributed by atoms with van der Waals surface area (Å²) in [5.41, 5.74) is 1.02. The molecule has 0 spiro atoms. The van der Waals surface area contributed by atoms with Crippen molar-refractivity contribution in [2.24, 2.45) is 0 Å². The molecule has 0 radical (unpaired) electrons. The Bertz CT molecular complexity index is 502. The van der Waals surface area contributed by atoms with Crippen molar-refractivity contribution in [1.29, 1.82) is 0 Å². The van der Waals surface area contributed by atoms with E-state index in [1.807, 2.05) is 0 Å². The maximum Gasteiger partial charge on any atom is 0.342 e. The number of rotatable bonds is 2. The molecule has 4 heteroatoms. The summed E-state index contributed by atoms with van der Waals surface area (Å²) < 4.78 is 10.1. The lowest BCUT2D eigenvalue weighted by Gasteiger charge is -1.98. The number of carbonyl (C=O) groups is 1. The summed E-state index contributed by atoms with van der Waals surface area (Å²) in [6.07, 6.45) is 1.39. The second-order valence-electron chi connectivity index (χ2n) is 3.01. The molecule has 0 atom stereocenters. The lowest BCUT2D eigenvalue weighted by atomic mass is 10.2. The van der Waals surface area contributed by atoms with Crippen molar-refractivity contribution in [3.8, 4) is 0 Å². The second kappa shape index (κ2) is 3.95. The first-order chi connectivity index (χ1) is 7.22. The smallest absolute Gasteiger partial charge is 0.342 e. The fraction of sp³-hybridized carbons (Fsp3) is 0.182. The van der Waals surface area contributed by atoms with Gasteiger partial charge in [-0.2, -0.15) is 0 Å². The third-order valence-electron chi connectivity index (χ3n) is 2.03. The van der Waals surface area contributed by atoms with Gasteiger partial charge in [0, 0.05) is 16.5 Å². The Kier molecular flexibility index (Phi) is 2.64. The van der Waals surface area contributed by atoms with Crippen LogP contribution in [-0.4, -0.2) is 12.6 Å². The number of benzene rings is 1. The van der Waals surface area contributed by atoms with Crippen LogP contribution in [0.1, 0.15) is 17.3 Å². The molecular formula is C11H9ClO3. The topological polar surface area (TPSA) is 39.4 Å². The van der Waals surface area contributed by atoms with E-state index in [1.54, 1.807) is 25.1 Å². The van der Waals surface area contributed by atoms with Gasteiger partial charge in [-0.05, 0) is 19.1 Å². The summed E-state index contributed by atoms with van der Waals surface area (Å²) in [7, 11) is 0. The van der Waals surface area contributed by atoms with Crippen LogP contribution >= 0.6 is 11.6 Å². The molecular weight excluding hydrogens is 216 g/mol. The van der Waals surface area contributed by atoms with Gasteiger partial charge in [0.2, 0.25) is 0 Å². The summed E-state index contributed by atoms with van der Waals surface area (Å²) in [6, 6.07) is 5.12. The van der Waals surface area contributed by atoms with Crippen LogP contribution in [-0.2, 0) is 4.74 Å². The molecule has 0 saturated heterocycles. The number of esters is 1. The monoisotopic (exact) mass is 224 g/mol. The van der Waals surface area contributed by atoms with Gasteiger partial charge in [-0.25, -0.2) is 4.79 Å². The molecule has 0 aliphatic heterocycles. The molecule has 0 aliphatic rings. The highest BCUT2D eigenvalue weighted by Gasteiger charge is 2.14. The molecule has 78 valence electrons. The lowest BCUT2D eigenvalue weighted by Crippen LogP contribution is -2.03. The first-order valence-electron chi connectivity index (χ1n) is 4.56. The number of halogens is 1. The first kappa shape index (κ1) is 10.1. The number of fused-ring (bicyclic) bond motifs is 1. The zero-order chi connectivity index (χ0) is 10.8. The van der Waals surface area contributed by atoms with E-state index >= 15 is 0 Å². The fourth-order valence-corrected chi connectivity index (χ4v) is 1.53. The summed E-state index contributed by atoms with van der Waals surface area (Å²) >= 11 is 5.79. The van der Waals surface area contributed by atoms with Gasteiger partial charge in [-0.1, -0.05) is 11.6 Å². The largest absolute Gasteiger partial charge is 0.463 e. The highest BCUT2D eigenvalue weighted by Crippen LogP contribution is 2.24. The Morgan fingerprint density at radius 1 is 1.53 bits per heavy atom. The van der Waals surface area contributed by atoms with E-state index in [2.05, 4.69) is 0 Å². The Balaban J connectivity index is 2.49. The SMILES string of the molecule is CCOC(=O)c1coc2cc(Cl)ccc12. The molecule has 15 heavy (non-hydrogen) atoms. The molecule has 0 saturated carbocycles. The Hall–Kier alpha value is -1.48. The maximum absolute atomic E-state index is 11.5. The van der Waals surface area contributed by atoms with Crippen molar-refractivity contribution in [3.63, 3.8) is 0 Å². The zero-order valence-corrected chi connectivity index (χ0v) is 8.88. The Labute approximate surface area is 91.6 Å². The van der Waals surface area contributed by atoms with E-state index in [1.165, 1.54) is 6.26 Å². The predicted molar refractivity (Wildman–Crippen MR) is 57.2 cm³/mol. The van der Waals surface area contributed by atoms with E-state index in [0.717, 1.165) is 5.39 Å². The summed E-state index contributed by atoms with van der Waals surface area (Å²) in [5, 5.41) is 1.30. The van der Waals surface area contributed by atoms with Gasteiger partial charge in [0.25, 0.3) is 0 Å². The van der Waals surface area contributed by atoms with Gasteiger partial charge in [-0.15, -0.1) is 0 Å². The van der Waals surface area contributed by atoms with Gasteiger partial charge >= 0.3 is 5.97 Å². The molecule has 1 aromatic heterocycles. The van der Waals surface area contributed by atoms with Crippen molar-refractivity contribution < 1.29 is 13.9 Å². The van der Waals surface area contributed by atoms with Gasteiger partial charge in [0.1, 0.15) is 17.4 Å². The molecule has 0 fully saturated rings. The minimum absolute atomic E-state index is 0.346. The fourth-order valence-electron chi connectivity index (χ4n) is 1.37.